The van der Waals surface area contributed by atoms with E-state index in [1.807, 2.05) is 6.07 Å². The van der Waals surface area contributed by atoms with Crippen LogP contribution in [0, 0.1) is 6.92 Å². The van der Waals surface area contributed by atoms with Crippen molar-refractivity contribution in [2.75, 3.05) is 21.3 Å². The Morgan fingerprint density at radius 2 is 1.89 bits per heavy atom. The van der Waals surface area contributed by atoms with Crippen molar-refractivity contribution in [3.8, 4) is 11.5 Å². The van der Waals surface area contributed by atoms with Crippen LogP contribution in [-0.4, -0.2) is 27.3 Å². The van der Waals surface area contributed by atoms with Crippen molar-refractivity contribution in [3.05, 3.63) is 23.5 Å². The lowest BCUT2D eigenvalue weighted by Crippen LogP contribution is -2.00. The molecule has 0 bridgehead atoms. The van der Waals surface area contributed by atoms with Crippen molar-refractivity contribution >= 4 is 16.9 Å². The minimum atomic E-state index is -0.510. The van der Waals surface area contributed by atoms with E-state index >= 15 is 0 Å². The number of furan rings is 1. The lowest BCUT2D eigenvalue weighted by molar-refractivity contribution is 0.0566. The third-order valence-electron chi connectivity index (χ3n) is 2.82. The smallest absolute Gasteiger partial charge is 0.374 e. The minimum absolute atomic E-state index is 0.180. The van der Waals surface area contributed by atoms with Gasteiger partial charge in [-0.05, 0) is 19.1 Å². The number of benzene rings is 1. The molecule has 0 saturated heterocycles. The average molecular weight is 250 g/mol. The minimum Gasteiger partial charge on any atom is -0.493 e. The summed E-state index contributed by atoms with van der Waals surface area (Å²) in [4.78, 5) is 11.6. The SMILES string of the molecule is COC(=O)c1oc2c(OC)c(OC)ccc2c1C. The zero-order chi connectivity index (χ0) is 13.3. The molecule has 0 amide bonds. The molecule has 0 atom stereocenters. The van der Waals surface area contributed by atoms with Gasteiger partial charge in [-0.3, -0.25) is 0 Å². The molecule has 0 N–H and O–H groups in total. The Labute approximate surface area is 104 Å². The van der Waals surface area contributed by atoms with E-state index in [4.69, 9.17) is 13.9 Å². The molecule has 0 saturated carbocycles. The maximum Gasteiger partial charge on any atom is 0.374 e. The van der Waals surface area contributed by atoms with Crippen molar-refractivity contribution in [2.24, 2.45) is 0 Å². The van der Waals surface area contributed by atoms with Crippen molar-refractivity contribution in [2.45, 2.75) is 6.92 Å². The Morgan fingerprint density at radius 1 is 1.17 bits per heavy atom. The van der Waals surface area contributed by atoms with Crippen LogP contribution < -0.4 is 9.47 Å². The van der Waals surface area contributed by atoms with Gasteiger partial charge in [-0.1, -0.05) is 0 Å². The molecule has 2 rings (SSSR count). The van der Waals surface area contributed by atoms with E-state index in [1.165, 1.54) is 14.2 Å². The van der Waals surface area contributed by atoms with Gasteiger partial charge in [0.2, 0.25) is 11.5 Å². The summed E-state index contributed by atoms with van der Waals surface area (Å²) in [5.74, 6) is 0.687. The van der Waals surface area contributed by atoms with Gasteiger partial charge in [0.25, 0.3) is 0 Å². The maximum absolute atomic E-state index is 11.6. The predicted octanol–water partition coefficient (Wildman–Crippen LogP) is 2.55. The Kier molecular flexibility index (Phi) is 3.14. The lowest BCUT2D eigenvalue weighted by atomic mass is 10.1. The van der Waals surface area contributed by atoms with E-state index < -0.39 is 5.97 Å². The fraction of sp³-hybridized carbons (Fsp3) is 0.308. The normalized spacial score (nSPS) is 10.4. The number of methoxy groups -OCH3 is 3. The van der Waals surface area contributed by atoms with E-state index in [-0.39, 0.29) is 5.76 Å². The number of aryl methyl sites for hydroxylation is 1. The maximum atomic E-state index is 11.6. The van der Waals surface area contributed by atoms with Crippen LogP contribution in [0.25, 0.3) is 11.0 Å². The van der Waals surface area contributed by atoms with Crippen molar-refractivity contribution in [1.29, 1.82) is 0 Å². The Balaban J connectivity index is 2.75. The molecule has 0 spiro atoms. The van der Waals surface area contributed by atoms with Gasteiger partial charge < -0.3 is 18.6 Å². The average Bonchev–Trinajstić information content (AvgIpc) is 2.74. The van der Waals surface area contributed by atoms with E-state index in [9.17, 15) is 4.79 Å². The fourth-order valence-electron chi connectivity index (χ4n) is 1.88. The summed E-state index contributed by atoms with van der Waals surface area (Å²) in [6.45, 7) is 1.80. The van der Waals surface area contributed by atoms with E-state index in [0.29, 0.717) is 17.1 Å². The molecule has 96 valence electrons. The van der Waals surface area contributed by atoms with Gasteiger partial charge >= 0.3 is 5.97 Å². The quantitative estimate of drug-likeness (QED) is 0.783. The number of carbonyl (C=O) groups excluding carboxylic acids is 1. The Morgan fingerprint density at radius 3 is 2.44 bits per heavy atom. The summed E-state index contributed by atoms with van der Waals surface area (Å²) in [5, 5.41) is 0.799. The topological polar surface area (TPSA) is 57.9 Å². The van der Waals surface area contributed by atoms with Crippen LogP contribution in [0.5, 0.6) is 11.5 Å². The molecular weight excluding hydrogens is 236 g/mol. The number of ether oxygens (including phenoxy) is 3. The molecule has 2 aromatic rings. The second-order valence-corrected chi connectivity index (χ2v) is 3.73. The second kappa shape index (κ2) is 4.60. The first-order chi connectivity index (χ1) is 8.63. The molecule has 0 aliphatic rings. The number of carbonyl (C=O) groups is 1. The van der Waals surface area contributed by atoms with Crippen molar-refractivity contribution < 1.29 is 23.4 Å². The summed E-state index contributed by atoms with van der Waals surface area (Å²) in [6.07, 6.45) is 0. The molecule has 0 unspecified atom stereocenters. The highest BCUT2D eigenvalue weighted by Gasteiger charge is 2.22. The first kappa shape index (κ1) is 12.3. The van der Waals surface area contributed by atoms with Gasteiger partial charge in [0.15, 0.2) is 11.3 Å². The number of fused-ring (bicyclic) bond motifs is 1. The molecule has 0 fully saturated rings. The molecule has 1 aromatic heterocycles. The standard InChI is InChI=1S/C13H14O5/c1-7-8-5-6-9(15-2)12(16-3)11(8)18-10(7)13(14)17-4/h5-6H,1-4H3. The fourth-order valence-corrected chi connectivity index (χ4v) is 1.88. The summed E-state index contributed by atoms with van der Waals surface area (Å²) >= 11 is 0. The zero-order valence-electron chi connectivity index (χ0n) is 10.7. The zero-order valence-corrected chi connectivity index (χ0v) is 10.7. The van der Waals surface area contributed by atoms with Gasteiger partial charge in [0.1, 0.15) is 0 Å². The van der Waals surface area contributed by atoms with Crippen LogP contribution in [-0.2, 0) is 4.74 Å². The number of hydrogen-bond donors (Lipinski definition) is 0. The third-order valence-corrected chi connectivity index (χ3v) is 2.82. The summed E-state index contributed by atoms with van der Waals surface area (Å²) in [5.41, 5.74) is 1.20. The Bertz CT molecular complexity index is 597. The molecule has 0 aliphatic heterocycles. The van der Waals surface area contributed by atoms with Gasteiger partial charge in [0.05, 0.1) is 21.3 Å². The van der Waals surface area contributed by atoms with E-state index in [2.05, 4.69) is 4.74 Å². The summed E-state index contributed by atoms with van der Waals surface area (Å²) < 4.78 is 20.6. The van der Waals surface area contributed by atoms with Crippen LogP contribution in [0.15, 0.2) is 16.5 Å². The van der Waals surface area contributed by atoms with Gasteiger partial charge in [-0.25, -0.2) is 4.79 Å². The number of esters is 1. The molecule has 0 aliphatic carbocycles. The molecule has 0 radical (unpaired) electrons. The molecule has 1 heterocycles. The van der Waals surface area contributed by atoms with Gasteiger partial charge in [-0.15, -0.1) is 0 Å². The van der Waals surface area contributed by atoms with Gasteiger partial charge in [-0.2, -0.15) is 0 Å². The second-order valence-electron chi connectivity index (χ2n) is 3.73. The predicted molar refractivity (Wildman–Crippen MR) is 65.4 cm³/mol. The highest BCUT2D eigenvalue weighted by Crippen LogP contribution is 2.39. The Hall–Kier alpha value is -2.17. The van der Waals surface area contributed by atoms with Crippen molar-refractivity contribution in [1.82, 2.24) is 0 Å². The molecule has 18 heavy (non-hydrogen) atoms. The summed E-state index contributed by atoms with van der Waals surface area (Å²) in [7, 11) is 4.38. The summed E-state index contributed by atoms with van der Waals surface area (Å²) in [6, 6.07) is 3.59. The van der Waals surface area contributed by atoms with E-state index in [1.54, 1.807) is 20.1 Å². The molecule has 5 heteroatoms. The van der Waals surface area contributed by atoms with Crippen LogP contribution in [0.4, 0.5) is 0 Å². The molecular formula is C13H14O5. The molecule has 5 nitrogen and oxygen atoms in total. The number of hydrogen-bond acceptors (Lipinski definition) is 5. The van der Waals surface area contributed by atoms with Gasteiger partial charge in [0, 0.05) is 10.9 Å². The van der Waals surface area contributed by atoms with Crippen molar-refractivity contribution in [3.63, 3.8) is 0 Å². The first-order valence-electron chi connectivity index (χ1n) is 5.36. The van der Waals surface area contributed by atoms with E-state index in [0.717, 1.165) is 10.9 Å². The molecule has 1 aromatic carbocycles. The van der Waals surface area contributed by atoms with Crippen LogP contribution >= 0.6 is 0 Å². The lowest BCUT2D eigenvalue weighted by Gasteiger charge is -2.06. The highest BCUT2D eigenvalue weighted by molar-refractivity contribution is 5.98. The highest BCUT2D eigenvalue weighted by atomic mass is 16.5. The van der Waals surface area contributed by atoms with Crippen LogP contribution in [0.1, 0.15) is 16.1 Å². The largest absolute Gasteiger partial charge is 0.493 e. The third kappa shape index (κ3) is 1.68. The van der Waals surface area contributed by atoms with Crippen LogP contribution in [0.2, 0.25) is 0 Å². The monoisotopic (exact) mass is 250 g/mol. The number of rotatable bonds is 3. The van der Waals surface area contributed by atoms with Crippen LogP contribution in [0.3, 0.4) is 0 Å². The first-order valence-corrected chi connectivity index (χ1v) is 5.36.